The highest BCUT2D eigenvalue weighted by Gasteiger charge is 2.12. The lowest BCUT2D eigenvalue weighted by molar-refractivity contribution is 1.19. The lowest BCUT2D eigenvalue weighted by Gasteiger charge is -2.08. The van der Waals surface area contributed by atoms with E-state index in [-0.39, 0.29) is 0 Å². The van der Waals surface area contributed by atoms with Crippen molar-refractivity contribution in [1.29, 1.82) is 5.26 Å². The Hall–Kier alpha value is -2.44. The number of nitriles is 1. The predicted octanol–water partition coefficient (Wildman–Crippen LogP) is 4.66. The van der Waals surface area contributed by atoms with Crippen LogP contribution in [-0.4, -0.2) is 4.98 Å². The maximum Gasteiger partial charge on any atom is 0.102 e. The number of pyridine rings is 1. The summed E-state index contributed by atoms with van der Waals surface area (Å²) in [7, 11) is 0. The van der Waals surface area contributed by atoms with Gasteiger partial charge in [0.2, 0.25) is 0 Å². The fourth-order valence-corrected chi connectivity index (χ4v) is 2.95. The molecular weight excluding hydrogens is 264 g/mol. The summed E-state index contributed by atoms with van der Waals surface area (Å²) in [6.07, 6.45) is 0. The molecule has 20 heavy (non-hydrogen) atoms. The van der Waals surface area contributed by atoms with Crippen molar-refractivity contribution in [3.05, 3.63) is 65.2 Å². The van der Waals surface area contributed by atoms with E-state index < -0.39 is 0 Å². The van der Waals surface area contributed by atoms with E-state index in [0.29, 0.717) is 5.56 Å². The SMILES string of the molecule is Cc1nc(-c2ccccc2)cc(-c2cccs2)c1C#N. The molecule has 96 valence electrons. The third-order valence-electron chi connectivity index (χ3n) is 3.17. The van der Waals surface area contributed by atoms with Gasteiger partial charge in [-0.25, -0.2) is 0 Å². The molecule has 2 nitrogen and oxygen atoms in total. The first-order valence-electron chi connectivity index (χ1n) is 6.30. The molecule has 0 amide bonds. The van der Waals surface area contributed by atoms with Gasteiger partial charge in [-0.05, 0) is 24.4 Å². The average Bonchev–Trinajstić information content (AvgIpc) is 3.01. The summed E-state index contributed by atoms with van der Waals surface area (Å²) in [6, 6.07) is 18.4. The summed E-state index contributed by atoms with van der Waals surface area (Å²) in [5.41, 5.74) is 4.38. The molecule has 0 aliphatic rings. The van der Waals surface area contributed by atoms with Crippen molar-refractivity contribution in [2.24, 2.45) is 0 Å². The largest absolute Gasteiger partial charge is 0.252 e. The molecule has 0 aliphatic heterocycles. The zero-order valence-corrected chi connectivity index (χ0v) is 11.8. The molecule has 0 unspecified atom stereocenters. The molecule has 0 radical (unpaired) electrons. The number of hydrogen-bond donors (Lipinski definition) is 0. The van der Waals surface area contributed by atoms with Crippen LogP contribution >= 0.6 is 11.3 Å². The van der Waals surface area contributed by atoms with Crippen LogP contribution in [0.5, 0.6) is 0 Å². The lowest BCUT2D eigenvalue weighted by atomic mass is 10.0. The van der Waals surface area contributed by atoms with Gasteiger partial charge in [-0.15, -0.1) is 11.3 Å². The van der Waals surface area contributed by atoms with Crippen molar-refractivity contribution in [3.8, 4) is 27.8 Å². The van der Waals surface area contributed by atoms with Crippen LogP contribution in [-0.2, 0) is 0 Å². The third-order valence-corrected chi connectivity index (χ3v) is 4.07. The number of thiophene rings is 1. The minimum absolute atomic E-state index is 0.659. The lowest BCUT2D eigenvalue weighted by Crippen LogP contribution is -1.94. The normalized spacial score (nSPS) is 10.2. The number of nitrogens with zero attached hydrogens (tertiary/aromatic N) is 2. The molecule has 1 aromatic carbocycles. The predicted molar refractivity (Wildman–Crippen MR) is 82.4 cm³/mol. The average molecular weight is 276 g/mol. The van der Waals surface area contributed by atoms with E-state index in [0.717, 1.165) is 27.4 Å². The van der Waals surface area contributed by atoms with E-state index >= 15 is 0 Å². The molecule has 3 heteroatoms. The van der Waals surface area contributed by atoms with E-state index in [1.165, 1.54) is 0 Å². The minimum atomic E-state index is 0.659. The summed E-state index contributed by atoms with van der Waals surface area (Å²) in [5, 5.41) is 11.4. The Morgan fingerprint density at radius 1 is 1.10 bits per heavy atom. The van der Waals surface area contributed by atoms with Gasteiger partial charge >= 0.3 is 0 Å². The first-order chi connectivity index (χ1) is 9.79. The van der Waals surface area contributed by atoms with Crippen LogP contribution in [0.25, 0.3) is 21.7 Å². The van der Waals surface area contributed by atoms with E-state index in [1.54, 1.807) is 11.3 Å². The van der Waals surface area contributed by atoms with Gasteiger partial charge in [0.05, 0.1) is 17.0 Å². The second kappa shape index (κ2) is 5.28. The van der Waals surface area contributed by atoms with Crippen LogP contribution in [0.4, 0.5) is 0 Å². The Morgan fingerprint density at radius 3 is 2.55 bits per heavy atom. The maximum absolute atomic E-state index is 9.37. The molecule has 0 bridgehead atoms. The molecule has 0 fully saturated rings. The summed E-state index contributed by atoms with van der Waals surface area (Å²) >= 11 is 1.64. The van der Waals surface area contributed by atoms with Gasteiger partial charge in [0.15, 0.2) is 0 Å². The second-order valence-electron chi connectivity index (χ2n) is 4.47. The van der Waals surface area contributed by atoms with Crippen LogP contribution in [0.15, 0.2) is 53.9 Å². The van der Waals surface area contributed by atoms with E-state index in [9.17, 15) is 5.26 Å². The van der Waals surface area contributed by atoms with Crippen LogP contribution in [0, 0.1) is 18.3 Å². The molecule has 3 rings (SSSR count). The van der Waals surface area contributed by atoms with Crippen LogP contribution in [0.3, 0.4) is 0 Å². The fourth-order valence-electron chi connectivity index (χ4n) is 2.20. The first-order valence-corrected chi connectivity index (χ1v) is 7.18. The molecule has 0 atom stereocenters. The summed E-state index contributed by atoms with van der Waals surface area (Å²) in [6.45, 7) is 1.89. The molecule has 0 saturated heterocycles. The Balaban J connectivity index is 2.24. The number of benzene rings is 1. The van der Waals surface area contributed by atoms with Crippen molar-refractivity contribution in [2.75, 3.05) is 0 Å². The molecule has 0 aliphatic carbocycles. The van der Waals surface area contributed by atoms with Crippen molar-refractivity contribution >= 4 is 11.3 Å². The van der Waals surface area contributed by atoms with Crippen molar-refractivity contribution < 1.29 is 0 Å². The van der Waals surface area contributed by atoms with E-state index in [2.05, 4.69) is 11.1 Å². The number of hydrogen-bond acceptors (Lipinski definition) is 3. The molecule has 2 aromatic heterocycles. The maximum atomic E-state index is 9.37. The third kappa shape index (κ3) is 2.22. The Labute approximate surface area is 122 Å². The van der Waals surface area contributed by atoms with Crippen molar-refractivity contribution in [2.45, 2.75) is 6.92 Å². The van der Waals surface area contributed by atoms with Crippen LogP contribution in [0.2, 0.25) is 0 Å². The topological polar surface area (TPSA) is 36.7 Å². The van der Waals surface area contributed by atoms with Gasteiger partial charge in [0.1, 0.15) is 6.07 Å². The molecule has 3 aromatic rings. The Kier molecular flexibility index (Phi) is 3.32. The van der Waals surface area contributed by atoms with Gasteiger partial charge < -0.3 is 0 Å². The Bertz CT molecular complexity index is 769. The van der Waals surface area contributed by atoms with Gasteiger partial charge in [-0.2, -0.15) is 5.26 Å². The smallest absolute Gasteiger partial charge is 0.102 e. The minimum Gasteiger partial charge on any atom is -0.252 e. The molecule has 0 spiro atoms. The second-order valence-corrected chi connectivity index (χ2v) is 5.42. The van der Waals surface area contributed by atoms with Crippen LogP contribution in [0.1, 0.15) is 11.3 Å². The van der Waals surface area contributed by atoms with E-state index in [1.807, 2.05) is 60.8 Å². The van der Waals surface area contributed by atoms with E-state index in [4.69, 9.17) is 0 Å². The molecule has 0 N–H and O–H groups in total. The zero-order chi connectivity index (χ0) is 13.9. The molecule has 2 heterocycles. The van der Waals surface area contributed by atoms with Crippen LogP contribution < -0.4 is 0 Å². The van der Waals surface area contributed by atoms with Crippen molar-refractivity contribution in [1.82, 2.24) is 4.98 Å². The number of aryl methyl sites for hydroxylation is 1. The Morgan fingerprint density at radius 2 is 1.90 bits per heavy atom. The van der Waals surface area contributed by atoms with Gasteiger partial charge in [-0.3, -0.25) is 4.98 Å². The number of aromatic nitrogens is 1. The summed E-state index contributed by atoms with van der Waals surface area (Å²) in [5.74, 6) is 0. The van der Waals surface area contributed by atoms with Crippen molar-refractivity contribution in [3.63, 3.8) is 0 Å². The molecule has 0 saturated carbocycles. The zero-order valence-electron chi connectivity index (χ0n) is 11.0. The monoisotopic (exact) mass is 276 g/mol. The van der Waals surface area contributed by atoms with Gasteiger partial charge in [0, 0.05) is 16.0 Å². The van der Waals surface area contributed by atoms with Gasteiger partial charge in [-0.1, -0.05) is 36.4 Å². The fraction of sp³-hybridized carbons (Fsp3) is 0.0588. The highest BCUT2D eigenvalue weighted by molar-refractivity contribution is 7.13. The quantitative estimate of drug-likeness (QED) is 0.682. The first kappa shape index (κ1) is 12.6. The van der Waals surface area contributed by atoms with Gasteiger partial charge in [0.25, 0.3) is 0 Å². The number of rotatable bonds is 2. The summed E-state index contributed by atoms with van der Waals surface area (Å²) < 4.78 is 0. The highest BCUT2D eigenvalue weighted by Crippen LogP contribution is 2.32. The highest BCUT2D eigenvalue weighted by atomic mass is 32.1. The standard InChI is InChI=1S/C17H12N2S/c1-12-15(11-18)14(17-8-5-9-20-17)10-16(19-12)13-6-3-2-4-7-13/h2-10H,1H3. The summed E-state index contributed by atoms with van der Waals surface area (Å²) in [4.78, 5) is 5.67. The molecular formula is C17H12N2S.